The molecule has 0 bridgehead atoms. The van der Waals surface area contributed by atoms with Gasteiger partial charge in [-0.15, -0.1) is 16.9 Å². The van der Waals surface area contributed by atoms with Gasteiger partial charge in [-0.1, -0.05) is 28.9 Å². The summed E-state index contributed by atoms with van der Waals surface area (Å²) in [6, 6.07) is 15.2. The number of carbonyl (C=O) groups excluding carboxylic acids is 1. The van der Waals surface area contributed by atoms with Crippen molar-refractivity contribution in [2.75, 3.05) is 23.7 Å². The summed E-state index contributed by atoms with van der Waals surface area (Å²) in [5.41, 5.74) is 10.8. The van der Waals surface area contributed by atoms with Crippen LogP contribution in [0.25, 0.3) is 5.82 Å². The van der Waals surface area contributed by atoms with Crippen LogP contribution in [0.4, 0.5) is 11.5 Å². The Morgan fingerprint density at radius 2 is 1.89 bits per heavy atom. The fourth-order valence-electron chi connectivity index (χ4n) is 3.38. The molecule has 0 spiro atoms. The van der Waals surface area contributed by atoms with E-state index in [2.05, 4.69) is 54.5 Å². The lowest BCUT2D eigenvalue weighted by atomic mass is 10.2. The molecule has 4 rings (SSSR count). The van der Waals surface area contributed by atoms with E-state index in [1.807, 2.05) is 36.4 Å². The van der Waals surface area contributed by atoms with Gasteiger partial charge in [0.1, 0.15) is 0 Å². The number of hydrogen-bond donors (Lipinski definition) is 2. The summed E-state index contributed by atoms with van der Waals surface area (Å²) in [4.78, 5) is 16.1. The molecule has 0 fully saturated rings. The Bertz CT molecular complexity index is 1330. The molecule has 2 heterocycles. The van der Waals surface area contributed by atoms with Crippen molar-refractivity contribution in [2.24, 2.45) is 5.10 Å². The molecular formula is C23H24ClN9O2S. The van der Waals surface area contributed by atoms with Gasteiger partial charge in [-0.3, -0.25) is 4.79 Å². The average Bonchev–Trinajstić information content (AvgIpc) is 3.51. The van der Waals surface area contributed by atoms with Gasteiger partial charge in [-0.05, 0) is 66.1 Å². The number of halogens is 1. The molecule has 1 amide bonds. The van der Waals surface area contributed by atoms with E-state index >= 15 is 0 Å². The highest BCUT2D eigenvalue weighted by atomic mass is 35.5. The first-order valence-corrected chi connectivity index (χ1v) is 12.5. The van der Waals surface area contributed by atoms with E-state index < -0.39 is 5.91 Å². The molecule has 0 unspecified atom stereocenters. The number of thioether (sulfide) groups is 1. The van der Waals surface area contributed by atoms with Crippen LogP contribution in [0, 0.1) is 0 Å². The summed E-state index contributed by atoms with van der Waals surface area (Å²) in [5.74, 6) is -0.0277. The van der Waals surface area contributed by atoms with Gasteiger partial charge in [-0.25, -0.2) is 10.1 Å². The zero-order chi connectivity index (χ0) is 25.5. The number of nitrogens with zero attached hydrogens (tertiary/aromatic N) is 7. The van der Waals surface area contributed by atoms with Crippen molar-refractivity contribution >= 4 is 47.0 Å². The lowest BCUT2D eigenvalue weighted by Gasteiger charge is -2.20. The third-order valence-electron chi connectivity index (χ3n) is 5.27. The van der Waals surface area contributed by atoms with Gasteiger partial charge in [0.15, 0.2) is 5.69 Å². The molecule has 11 nitrogen and oxygen atoms in total. The standard InChI is InChI=1S/C23H24ClN9O2S/c1-3-32(4-2)17-9-5-15(6-10-17)13-26-28-23(34)20-19(14-36-18-11-7-16(24)8-12-18)33(31-27-20)22-21(25)29-35-30-22/h5-13H,3-4,14H2,1-2H3,(H2,25,29)(H,28,34)/b26-13-. The molecule has 2 aromatic carbocycles. The molecule has 0 saturated heterocycles. The fraction of sp³-hybridized carbons (Fsp3) is 0.217. The summed E-state index contributed by atoms with van der Waals surface area (Å²) < 4.78 is 6.02. The summed E-state index contributed by atoms with van der Waals surface area (Å²) in [5, 5.41) is 20.2. The van der Waals surface area contributed by atoms with Gasteiger partial charge in [0.2, 0.25) is 11.6 Å². The second kappa shape index (κ2) is 11.7. The van der Waals surface area contributed by atoms with E-state index in [1.165, 1.54) is 16.4 Å². The summed E-state index contributed by atoms with van der Waals surface area (Å²) >= 11 is 7.44. The number of rotatable bonds is 10. The maximum Gasteiger partial charge on any atom is 0.293 e. The normalized spacial score (nSPS) is 11.2. The Morgan fingerprint density at radius 3 is 2.53 bits per heavy atom. The van der Waals surface area contributed by atoms with Gasteiger partial charge in [0.05, 0.1) is 11.9 Å². The first kappa shape index (κ1) is 25.2. The minimum atomic E-state index is -0.529. The topological polar surface area (TPSA) is 140 Å². The Balaban J connectivity index is 1.51. The smallest absolute Gasteiger partial charge is 0.293 e. The number of nitrogen functional groups attached to an aromatic ring is 1. The first-order valence-electron chi connectivity index (χ1n) is 11.1. The molecule has 4 aromatic rings. The number of anilines is 2. The Kier molecular flexibility index (Phi) is 8.18. The lowest BCUT2D eigenvalue weighted by Crippen LogP contribution is -2.21. The number of aromatic nitrogens is 5. The van der Waals surface area contributed by atoms with E-state index in [1.54, 1.807) is 18.3 Å². The second-order valence-corrected chi connectivity index (χ2v) is 8.96. The zero-order valence-corrected chi connectivity index (χ0v) is 21.2. The third-order valence-corrected chi connectivity index (χ3v) is 6.54. The lowest BCUT2D eigenvalue weighted by molar-refractivity contribution is 0.0949. The number of benzene rings is 2. The van der Waals surface area contributed by atoms with E-state index in [-0.39, 0.29) is 17.3 Å². The van der Waals surface area contributed by atoms with E-state index in [9.17, 15) is 4.79 Å². The monoisotopic (exact) mass is 525 g/mol. The number of hydrazone groups is 1. The average molecular weight is 526 g/mol. The van der Waals surface area contributed by atoms with Crippen LogP contribution in [-0.4, -0.2) is 50.5 Å². The Morgan fingerprint density at radius 1 is 1.17 bits per heavy atom. The number of hydrogen-bond acceptors (Lipinski definition) is 10. The Labute approximate surface area is 216 Å². The highest BCUT2D eigenvalue weighted by Crippen LogP contribution is 2.27. The quantitative estimate of drug-likeness (QED) is 0.180. The molecule has 0 atom stereocenters. The SMILES string of the molecule is CCN(CC)c1ccc(/C=N\NC(=O)c2nnn(-c3nonc3N)c2CSc2ccc(Cl)cc2)cc1. The van der Waals surface area contributed by atoms with Crippen molar-refractivity contribution in [1.82, 2.24) is 30.7 Å². The number of nitrogens with two attached hydrogens (primary N) is 1. The van der Waals surface area contributed by atoms with Crippen molar-refractivity contribution in [2.45, 2.75) is 24.5 Å². The van der Waals surface area contributed by atoms with Crippen LogP contribution in [0.3, 0.4) is 0 Å². The highest BCUT2D eigenvalue weighted by molar-refractivity contribution is 7.98. The predicted molar refractivity (Wildman–Crippen MR) is 140 cm³/mol. The maximum absolute atomic E-state index is 12.9. The molecule has 13 heteroatoms. The summed E-state index contributed by atoms with van der Waals surface area (Å²) in [7, 11) is 0. The molecule has 0 saturated carbocycles. The van der Waals surface area contributed by atoms with E-state index in [0.29, 0.717) is 16.5 Å². The van der Waals surface area contributed by atoms with Gasteiger partial charge in [0.25, 0.3) is 5.91 Å². The van der Waals surface area contributed by atoms with Gasteiger partial charge in [0, 0.05) is 34.4 Å². The van der Waals surface area contributed by atoms with Crippen molar-refractivity contribution < 1.29 is 9.42 Å². The summed E-state index contributed by atoms with van der Waals surface area (Å²) in [6.45, 7) is 6.07. The van der Waals surface area contributed by atoms with Gasteiger partial charge in [-0.2, -0.15) is 9.78 Å². The first-order chi connectivity index (χ1) is 17.5. The van der Waals surface area contributed by atoms with Crippen LogP contribution in [0.15, 0.2) is 63.2 Å². The van der Waals surface area contributed by atoms with Gasteiger partial charge >= 0.3 is 0 Å². The number of carbonyl (C=O) groups is 1. The van der Waals surface area contributed by atoms with Crippen molar-refractivity contribution in [3.63, 3.8) is 0 Å². The maximum atomic E-state index is 12.9. The molecule has 186 valence electrons. The minimum absolute atomic E-state index is 0.0239. The van der Waals surface area contributed by atoms with Crippen molar-refractivity contribution in [3.8, 4) is 5.82 Å². The van der Waals surface area contributed by atoms with Crippen molar-refractivity contribution in [3.05, 3.63) is 70.5 Å². The summed E-state index contributed by atoms with van der Waals surface area (Å²) in [6.07, 6.45) is 1.57. The molecule has 0 aliphatic rings. The number of amides is 1. The molecular weight excluding hydrogens is 502 g/mol. The molecule has 2 aromatic heterocycles. The molecule has 0 aliphatic carbocycles. The van der Waals surface area contributed by atoms with Crippen LogP contribution >= 0.6 is 23.4 Å². The van der Waals surface area contributed by atoms with Crippen LogP contribution in [0.2, 0.25) is 5.02 Å². The molecule has 0 aliphatic heterocycles. The Hall–Kier alpha value is -3.90. The van der Waals surface area contributed by atoms with Crippen LogP contribution in [0.5, 0.6) is 0 Å². The van der Waals surface area contributed by atoms with Crippen LogP contribution < -0.4 is 16.1 Å². The second-order valence-electron chi connectivity index (χ2n) is 7.48. The van der Waals surface area contributed by atoms with Gasteiger partial charge < -0.3 is 10.6 Å². The predicted octanol–water partition coefficient (Wildman–Crippen LogP) is 3.79. The fourth-order valence-corrected chi connectivity index (χ4v) is 4.39. The molecule has 3 N–H and O–H groups in total. The largest absolute Gasteiger partial charge is 0.378 e. The van der Waals surface area contributed by atoms with E-state index in [4.69, 9.17) is 17.3 Å². The van der Waals surface area contributed by atoms with Crippen LogP contribution in [0.1, 0.15) is 35.6 Å². The molecule has 36 heavy (non-hydrogen) atoms. The van der Waals surface area contributed by atoms with Crippen molar-refractivity contribution in [1.29, 1.82) is 0 Å². The van der Waals surface area contributed by atoms with Crippen LogP contribution in [-0.2, 0) is 5.75 Å². The zero-order valence-electron chi connectivity index (χ0n) is 19.6. The third kappa shape index (κ3) is 5.83. The minimum Gasteiger partial charge on any atom is -0.378 e. The molecule has 0 radical (unpaired) electrons. The van der Waals surface area contributed by atoms with E-state index in [0.717, 1.165) is 29.2 Å². The number of nitrogens with one attached hydrogen (secondary N) is 1. The highest BCUT2D eigenvalue weighted by Gasteiger charge is 2.24.